The van der Waals surface area contributed by atoms with Gasteiger partial charge in [-0.1, -0.05) is 13.8 Å². The molecule has 0 atom stereocenters. The zero-order valence-corrected chi connectivity index (χ0v) is 18.0. The molecule has 0 unspecified atom stereocenters. The second-order valence-corrected chi connectivity index (χ2v) is 8.73. The van der Waals surface area contributed by atoms with Crippen molar-refractivity contribution in [3.8, 4) is 0 Å². The van der Waals surface area contributed by atoms with E-state index in [1.165, 1.54) is 0 Å². The number of hydrogen-bond acceptors (Lipinski definition) is 5. The van der Waals surface area contributed by atoms with Gasteiger partial charge in [-0.05, 0) is 24.6 Å². The van der Waals surface area contributed by atoms with Gasteiger partial charge in [0.2, 0.25) is 0 Å². The first kappa shape index (κ1) is 22.8. The molecule has 1 fully saturated rings. The first-order valence-corrected chi connectivity index (χ1v) is 10.9. The summed E-state index contributed by atoms with van der Waals surface area (Å²) in [5.41, 5.74) is 1.69. The average Bonchev–Trinajstić information content (AvgIpc) is 3.11. The summed E-state index contributed by atoms with van der Waals surface area (Å²) in [4.78, 5) is 21.1. The molecule has 0 spiro atoms. The van der Waals surface area contributed by atoms with Crippen LogP contribution in [-0.4, -0.2) is 72.9 Å². The highest BCUT2D eigenvalue weighted by molar-refractivity contribution is 7.18. The molecule has 1 aromatic carbocycles. The lowest BCUT2D eigenvalue weighted by Gasteiger charge is -2.34. The van der Waals surface area contributed by atoms with Crippen molar-refractivity contribution in [2.45, 2.75) is 32.4 Å². The Bertz CT molecular complexity index is 848. The topological polar surface area (TPSA) is 57.7 Å². The van der Waals surface area contributed by atoms with Crippen LogP contribution >= 0.6 is 11.3 Å². The van der Waals surface area contributed by atoms with Gasteiger partial charge in [0.15, 0.2) is 0 Å². The van der Waals surface area contributed by atoms with Gasteiger partial charge in [-0.25, -0.2) is 9.78 Å². The molecule has 0 saturated carbocycles. The molecule has 2 aromatic rings. The maximum Gasteiger partial charge on any atom is 0.411 e. The minimum Gasteiger partial charge on any atom is -0.372 e. The Kier molecular flexibility index (Phi) is 7.54. The van der Waals surface area contributed by atoms with Crippen LogP contribution in [0.3, 0.4) is 0 Å². The van der Waals surface area contributed by atoms with Crippen LogP contribution in [-0.2, 0) is 4.74 Å². The fourth-order valence-electron chi connectivity index (χ4n) is 3.22. The third-order valence-corrected chi connectivity index (χ3v) is 6.16. The second-order valence-electron chi connectivity index (χ2n) is 7.67. The number of piperazine rings is 1. The van der Waals surface area contributed by atoms with E-state index in [-0.39, 0.29) is 12.6 Å². The Labute approximate surface area is 178 Å². The number of halogens is 3. The van der Waals surface area contributed by atoms with Crippen LogP contribution in [0.2, 0.25) is 0 Å². The molecule has 1 aromatic heterocycles. The highest BCUT2D eigenvalue weighted by atomic mass is 32.1. The number of hydrogen-bond donors (Lipinski definition) is 1. The number of benzene rings is 1. The molecule has 2 amide bonds. The van der Waals surface area contributed by atoms with Gasteiger partial charge in [0.05, 0.1) is 15.2 Å². The Balaban J connectivity index is 1.41. The van der Waals surface area contributed by atoms with E-state index in [0.29, 0.717) is 45.1 Å². The van der Waals surface area contributed by atoms with E-state index in [0.717, 1.165) is 20.9 Å². The number of amides is 2. The number of carbonyl (C=O) groups is 1. The van der Waals surface area contributed by atoms with E-state index in [1.807, 2.05) is 18.2 Å². The zero-order valence-electron chi connectivity index (χ0n) is 17.2. The average molecular weight is 445 g/mol. The summed E-state index contributed by atoms with van der Waals surface area (Å²) in [7, 11) is 0. The third-order valence-electron chi connectivity index (χ3n) is 4.84. The number of nitrogens with one attached hydrogen (secondary N) is 1. The smallest absolute Gasteiger partial charge is 0.372 e. The summed E-state index contributed by atoms with van der Waals surface area (Å²) >= 11 is 1.64. The number of anilines is 1. The van der Waals surface area contributed by atoms with Crippen molar-refractivity contribution in [2.75, 3.05) is 51.3 Å². The SMILES string of the molecule is CC(C)c1nc2ccc(NC(=O)N3CCN(CCCOCC(F)(F)F)CC3)cc2s1. The van der Waals surface area contributed by atoms with Crippen molar-refractivity contribution in [3.05, 3.63) is 23.2 Å². The summed E-state index contributed by atoms with van der Waals surface area (Å²) in [5, 5.41) is 4.03. The van der Waals surface area contributed by atoms with Crippen molar-refractivity contribution < 1.29 is 22.7 Å². The minimum absolute atomic E-state index is 0.0821. The molecule has 1 aliphatic rings. The number of rotatable bonds is 7. The number of thiazole rings is 1. The predicted octanol–water partition coefficient (Wildman–Crippen LogP) is 4.54. The number of nitrogens with zero attached hydrogens (tertiary/aromatic N) is 3. The van der Waals surface area contributed by atoms with Gasteiger partial charge in [0.1, 0.15) is 6.61 Å². The van der Waals surface area contributed by atoms with Gasteiger partial charge in [0, 0.05) is 50.9 Å². The van der Waals surface area contributed by atoms with E-state index in [1.54, 1.807) is 16.2 Å². The lowest BCUT2D eigenvalue weighted by Crippen LogP contribution is -2.50. The largest absolute Gasteiger partial charge is 0.411 e. The van der Waals surface area contributed by atoms with Gasteiger partial charge in [0.25, 0.3) is 0 Å². The first-order chi connectivity index (χ1) is 14.2. The van der Waals surface area contributed by atoms with Crippen molar-refractivity contribution in [2.24, 2.45) is 0 Å². The number of urea groups is 1. The molecule has 2 heterocycles. The molecule has 1 saturated heterocycles. The maximum atomic E-state index is 12.6. The molecule has 10 heteroatoms. The molecule has 1 N–H and O–H groups in total. The molecule has 6 nitrogen and oxygen atoms in total. The Morgan fingerprint density at radius 2 is 2.00 bits per heavy atom. The zero-order chi connectivity index (χ0) is 21.7. The summed E-state index contributed by atoms with van der Waals surface area (Å²) in [6.07, 6.45) is -3.74. The number of ether oxygens (including phenoxy) is 1. The Morgan fingerprint density at radius 3 is 2.67 bits per heavy atom. The van der Waals surface area contributed by atoms with Gasteiger partial charge in [-0.15, -0.1) is 11.3 Å². The van der Waals surface area contributed by atoms with E-state index < -0.39 is 12.8 Å². The lowest BCUT2D eigenvalue weighted by molar-refractivity contribution is -0.174. The minimum atomic E-state index is -4.28. The number of alkyl halides is 3. The normalized spacial score (nSPS) is 15.9. The van der Waals surface area contributed by atoms with Gasteiger partial charge >= 0.3 is 12.2 Å². The fourth-order valence-corrected chi connectivity index (χ4v) is 4.23. The van der Waals surface area contributed by atoms with Crippen molar-refractivity contribution in [1.29, 1.82) is 0 Å². The molecule has 0 bridgehead atoms. The van der Waals surface area contributed by atoms with E-state index in [4.69, 9.17) is 0 Å². The van der Waals surface area contributed by atoms with Crippen LogP contribution in [0.5, 0.6) is 0 Å². The van der Waals surface area contributed by atoms with Crippen molar-refractivity contribution in [1.82, 2.24) is 14.8 Å². The molecule has 30 heavy (non-hydrogen) atoms. The molecule has 166 valence electrons. The molecule has 3 rings (SSSR count). The maximum absolute atomic E-state index is 12.6. The Morgan fingerprint density at radius 1 is 1.27 bits per heavy atom. The monoisotopic (exact) mass is 444 g/mol. The number of carbonyl (C=O) groups excluding carboxylic acids is 1. The van der Waals surface area contributed by atoms with Crippen molar-refractivity contribution in [3.63, 3.8) is 0 Å². The third kappa shape index (κ3) is 6.55. The van der Waals surface area contributed by atoms with Crippen LogP contribution in [0.4, 0.5) is 23.7 Å². The molecular weight excluding hydrogens is 417 g/mol. The Hall–Kier alpha value is -1.91. The van der Waals surface area contributed by atoms with Gasteiger partial charge in [-0.3, -0.25) is 4.90 Å². The number of aromatic nitrogens is 1. The van der Waals surface area contributed by atoms with Gasteiger partial charge < -0.3 is 15.0 Å². The summed E-state index contributed by atoms with van der Waals surface area (Å²) < 4.78 is 41.8. The van der Waals surface area contributed by atoms with E-state index in [9.17, 15) is 18.0 Å². The van der Waals surface area contributed by atoms with Gasteiger partial charge in [-0.2, -0.15) is 13.2 Å². The molecule has 1 aliphatic heterocycles. The summed E-state index contributed by atoms with van der Waals surface area (Å²) in [6.45, 7) is 6.30. The van der Waals surface area contributed by atoms with Crippen LogP contribution in [0.1, 0.15) is 31.2 Å². The lowest BCUT2D eigenvalue weighted by atomic mass is 10.2. The first-order valence-electron chi connectivity index (χ1n) is 10.0. The summed E-state index contributed by atoms with van der Waals surface area (Å²) in [6, 6.07) is 5.59. The fraction of sp³-hybridized carbons (Fsp3) is 0.600. The van der Waals surface area contributed by atoms with E-state index >= 15 is 0 Å². The quantitative estimate of drug-likeness (QED) is 0.637. The molecular formula is C20H27F3N4O2S. The number of fused-ring (bicyclic) bond motifs is 1. The van der Waals surface area contributed by atoms with E-state index in [2.05, 4.69) is 33.8 Å². The van der Waals surface area contributed by atoms with Crippen LogP contribution in [0, 0.1) is 0 Å². The molecule has 0 aliphatic carbocycles. The van der Waals surface area contributed by atoms with Crippen LogP contribution in [0.25, 0.3) is 10.2 Å². The van der Waals surface area contributed by atoms with Crippen LogP contribution < -0.4 is 5.32 Å². The molecule has 0 radical (unpaired) electrons. The standard InChI is InChI=1S/C20H27F3N4O2S/c1-14(2)18-25-16-5-4-15(12-17(16)30-18)24-19(28)27-9-7-26(8-10-27)6-3-11-29-13-20(21,22)23/h4-5,12,14H,3,6-11,13H2,1-2H3,(H,24,28). The van der Waals surface area contributed by atoms with Crippen LogP contribution in [0.15, 0.2) is 18.2 Å². The van der Waals surface area contributed by atoms with Crippen molar-refractivity contribution >= 4 is 33.3 Å². The predicted molar refractivity (Wildman–Crippen MR) is 112 cm³/mol. The highest BCUT2D eigenvalue weighted by Crippen LogP contribution is 2.29. The summed E-state index contributed by atoms with van der Waals surface area (Å²) in [5.74, 6) is 0.368. The highest BCUT2D eigenvalue weighted by Gasteiger charge is 2.27. The second kappa shape index (κ2) is 9.93.